The van der Waals surface area contributed by atoms with Crippen molar-refractivity contribution in [1.29, 1.82) is 0 Å². The summed E-state index contributed by atoms with van der Waals surface area (Å²) in [6.07, 6.45) is 0. The zero-order valence-electron chi connectivity index (χ0n) is 21.0. The van der Waals surface area contributed by atoms with Gasteiger partial charge in [0, 0.05) is 29.4 Å². The Labute approximate surface area is 226 Å². The molecule has 1 aromatic heterocycles. The van der Waals surface area contributed by atoms with E-state index in [1.54, 1.807) is 23.5 Å². The predicted molar refractivity (Wildman–Crippen MR) is 154 cm³/mol. The topological polar surface area (TPSA) is 79.4 Å². The van der Waals surface area contributed by atoms with Gasteiger partial charge in [0.25, 0.3) is 5.91 Å². The molecular formula is C30H27N3O3S2. The van der Waals surface area contributed by atoms with Crippen molar-refractivity contribution in [2.75, 3.05) is 5.32 Å². The van der Waals surface area contributed by atoms with Crippen LogP contribution in [-0.4, -0.2) is 29.7 Å². The molecule has 0 aliphatic rings. The van der Waals surface area contributed by atoms with Crippen LogP contribution >= 0.6 is 11.3 Å². The van der Waals surface area contributed by atoms with Crippen LogP contribution in [0.25, 0.3) is 20.8 Å². The number of carbonyl (C=O) groups is 1. The molecule has 8 heteroatoms. The van der Waals surface area contributed by atoms with E-state index in [4.69, 9.17) is 0 Å². The van der Waals surface area contributed by atoms with Gasteiger partial charge in [0.2, 0.25) is 10.0 Å². The fraction of sp³-hybridized carbons (Fsp3) is 0.133. The molecule has 38 heavy (non-hydrogen) atoms. The first-order chi connectivity index (χ1) is 18.3. The summed E-state index contributed by atoms with van der Waals surface area (Å²) >= 11 is 1.62. The van der Waals surface area contributed by atoms with Gasteiger partial charge in [0.1, 0.15) is 5.01 Å². The molecule has 6 nitrogen and oxygen atoms in total. The molecule has 0 aliphatic heterocycles. The summed E-state index contributed by atoms with van der Waals surface area (Å²) in [7, 11) is -3.74. The third-order valence-corrected chi connectivity index (χ3v) is 9.29. The molecule has 0 spiro atoms. The van der Waals surface area contributed by atoms with E-state index in [0.717, 1.165) is 26.4 Å². The lowest BCUT2D eigenvalue weighted by Gasteiger charge is -2.26. The van der Waals surface area contributed by atoms with Gasteiger partial charge in [-0.15, -0.1) is 11.3 Å². The minimum absolute atomic E-state index is 0.152. The molecule has 0 saturated heterocycles. The second-order valence-corrected chi connectivity index (χ2v) is 12.1. The molecule has 0 unspecified atom stereocenters. The van der Waals surface area contributed by atoms with Crippen molar-refractivity contribution in [2.45, 2.75) is 31.3 Å². The number of anilines is 1. The number of fused-ring (bicyclic) bond motifs is 1. The number of rotatable bonds is 8. The highest BCUT2D eigenvalue weighted by Crippen LogP contribution is 2.30. The lowest BCUT2D eigenvalue weighted by molar-refractivity contribution is 0.102. The van der Waals surface area contributed by atoms with E-state index in [-0.39, 0.29) is 23.4 Å². The third-order valence-electron chi connectivity index (χ3n) is 6.16. The van der Waals surface area contributed by atoms with E-state index in [2.05, 4.69) is 10.3 Å². The van der Waals surface area contributed by atoms with Crippen LogP contribution in [0.15, 0.2) is 108 Å². The van der Waals surface area contributed by atoms with E-state index in [1.165, 1.54) is 16.4 Å². The normalized spacial score (nSPS) is 11.8. The minimum Gasteiger partial charge on any atom is -0.322 e. The molecule has 192 valence electrons. The van der Waals surface area contributed by atoms with Crippen LogP contribution in [-0.2, 0) is 16.6 Å². The summed E-state index contributed by atoms with van der Waals surface area (Å²) in [4.78, 5) is 17.7. The highest BCUT2D eigenvalue weighted by molar-refractivity contribution is 7.89. The summed E-state index contributed by atoms with van der Waals surface area (Å²) in [6, 6.07) is 30.9. The molecule has 0 bridgehead atoms. The molecule has 0 aliphatic carbocycles. The fourth-order valence-corrected chi connectivity index (χ4v) is 6.71. The fourth-order valence-electron chi connectivity index (χ4n) is 4.12. The number of hydrogen-bond acceptors (Lipinski definition) is 5. The molecule has 0 atom stereocenters. The largest absolute Gasteiger partial charge is 0.322 e. The van der Waals surface area contributed by atoms with Crippen LogP contribution in [0, 0.1) is 0 Å². The Bertz CT molecular complexity index is 1630. The monoisotopic (exact) mass is 541 g/mol. The number of hydrogen-bond donors (Lipinski definition) is 1. The zero-order chi connectivity index (χ0) is 26.7. The lowest BCUT2D eigenvalue weighted by Crippen LogP contribution is -2.36. The standard InChI is InChI=1S/C30H27N3O3S2/c1-21(2)33(20-22-8-4-3-5-9-22)38(35,36)26-18-14-23(15-19-26)29(34)31-25-16-12-24(13-17-25)30-32-27-10-6-7-11-28(27)37-30/h3-19,21H,20H2,1-2H3,(H,31,34). The Morgan fingerprint density at radius 1 is 0.868 bits per heavy atom. The maximum absolute atomic E-state index is 13.4. The van der Waals surface area contributed by atoms with Gasteiger partial charge in [-0.3, -0.25) is 4.79 Å². The van der Waals surface area contributed by atoms with Gasteiger partial charge >= 0.3 is 0 Å². The smallest absolute Gasteiger partial charge is 0.255 e. The molecule has 0 fully saturated rings. The maximum Gasteiger partial charge on any atom is 0.255 e. The molecule has 1 amide bonds. The summed E-state index contributed by atoms with van der Waals surface area (Å²) in [5, 5.41) is 3.80. The molecule has 0 radical (unpaired) electrons. The van der Waals surface area contributed by atoms with Crippen molar-refractivity contribution in [2.24, 2.45) is 0 Å². The maximum atomic E-state index is 13.4. The van der Waals surface area contributed by atoms with Gasteiger partial charge in [-0.2, -0.15) is 4.31 Å². The van der Waals surface area contributed by atoms with E-state index in [1.807, 2.05) is 92.7 Å². The highest BCUT2D eigenvalue weighted by Gasteiger charge is 2.27. The van der Waals surface area contributed by atoms with Gasteiger partial charge in [-0.05, 0) is 80.1 Å². The van der Waals surface area contributed by atoms with Crippen molar-refractivity contribution >= 4 is 43.2 Å². The number of nitrogens with one attached hydrogen (secondary N) is 1. The molecular weight excluding hydrogens is 514 g/mol. The first-order valence-electron chi connectivity index (χ1n) is 12.2. The number of amides is 1. The molecule has 1 heterocycles. The summed E-state index contributed by atoms with van der Waals surface area (Å²) in [5.74, 6) is -0.313. The Kier molecular flexibility index (Phi) is 7.37. The zero-order valence-corrected chi connectivity index (χ0v) is 22.7. The van der Waals surface area contributed by atoms with E-state index >= 15 is 0 Å². The molecule has 4 aromatic carbocycles. The van der Waals surface area contributed by atoms with Gasteiger partial charge in [0.05, 0.1) is 15.1 Å². The molecule has 5 aromatic rings. The Morgan fingerprint density at radius 2 is 1.53 bits per heavy atom. The lowest BCUT2D eigenvalue weighted by atomic mass is 10.2. The minimum atomic E-state index is -3.74. The average Bonchev–Trinajstić information content (AvgIpc) is 3.37. The van der Waals surface area contributed by atoms with Gasteiger partial charge in [-0.1, -0.05) is 42.5 Å². The van der Waals surface area contributed by atoms with Crippen molar-refractivity contribution in [3.8, 4) is 10.6 Å². The Balaban J connectivity index is 1.28. The van der Waals surface area contributed by atoms with Crippen molar-refractivity contribution < 1.29 is 13.2 Å². The number of thiazole rings is 1. The van der Waals surface area contributed by atoms with E-state index in [9.17, 15) is 13.2 Å². The highest BCUT2D eigenvalue weighted by atomic mass is 32.2. The van der Waals surface area contributed by atoms with Gasteiger partial charge in [-0.25, -0.2) is 13.4 Å². The van der Waals surface area contributed by atoms with E-state index < -0.39 is 10.0 Å². The molecule has 0 saturated carbocycles. The van der Waals surface area contributed by atoms with Crippen LogP contribution in [0.1, 0.15) is 29.8 Å². The van der Waals surface area contributed by atoms with Crippen LogP contribution in [0.4, 0.5) is 5.69 Å². The Morgan fingerprint density at radius 3 is 2.18 bits per heavy atom. The SMILES string of the molecule is CC(C)N(Cc1ccccc1)S(=O)(=O)c1ccc(C(=O)Nc2ccc(-c3nc4ccccc4s3)cc2)cc1. The quantitative estimate of drug-likeness (QED) is 0.234. The molecule has 5 rings (SSSR count). The van der Waals surface area contributed by atoms with Crippen molar-refractivity contribution in [1.82, 2.24) is 9.29 Å². The Hall–Kier alpha value is -3.85. The van der Waals surface area contributed by atoms with Crippen LogP contribution in [0.5, 0.6) is 0 Å². The van der Waals surface area contributed by atoms with Crippen LogP contribution in [0.2, 0.25) is 0 Å². The number of sulfonamides is 1. The second-order valence-electron chi connectivity index (χ2n) is 9.17. The third kappa shape index (κ3) is 5.52. The van der Waals surface area contributed by atoms with Crippen LogP contribution < -0.4 is 5.32 Å². The summed E-state index contributed by atoms with van der Waals surface area (Å²) in [6.45, 7) is 3.98. The number of aromatic nitrogens is 1. The predicted octanol–water partition coefficient (Wildman–Crippen LogP) is 6.81. The molecule has 1 N–H and O–H groups in total. The summed E-state index contributed by atoms with van der Waals surface area (Å²) in [5.41, 5.74) is 3.87. The number of carbonyl (C=O) groups excluding carboxylic acids is 1. The van der Waals surface area contributed by atoms with Crippen LogP contribution in [0.3, 0.4) is 0 Å². The number of para-hydroxylation sites is 1. The van der Waals surface area contributed by atoms with Gasteiger partial charge < -0.3 is 5.32 Å². The van der Waals surface area contributed by atoms with E-state index in [0.29, 0.717) is 11.3 Å². The first-order valence-corrected chi connectivity index (χ1v) is 14.5. The van der Waals surface area contributed by atoms with Gasteiger partial charge in [0.15, 0.2) is 0 Å². The second kappa shape index (κ2) is 10.9. The first kappa shape index (κ1) is 25.8. The average molecular weight is 542 g/mol. The number of nitrogens with zero attached hydrogens (tertiary/aromatic N) is 2. The van der Waals surface area contributed by atoms with Crippen molar-refractivity contribution in [3.05, 3.63) is 114 Å². The summed E-state index contributed by atoms with van der Waals surface area (Å²) < 4.78 is 29.3. The number of benzene rings is 4. The van der Waals surface area contributed by atoms with Crippen molar-refractivity contribution in [3.63, 3.8) is 0 Å².